The maximum absolute atomic E-state index is 12.0. The van der Waals surface area contributed by atoms with Crippen LogP contribution in [-0.2, 0) is 14.8 Å². The Morgan fingerprint density at radius 2 is 2.00 bits per heavy atom. The minimum atomic E-state index is -3.16. The first-order chi connectivity index (χ1) is 8.70. The summed E-state index contributed by atoms with van der Waals surface area (Å²) in [5.74, 6) is 0.623. The molecule has 1 unspecified atom stereocenters. The first-order valence-electron chi connectivity index (χ1n) is 7.31. The predicted molar refractivity (Wildman–Crippen MR) is 76.5 cm³/mol. The topological polar surface area (TPSA) is 55.4 Å². The van der Waals surface area contributed by atoms with E-state index in [1.165, 1.54) is 6.42 Å². The minimum Gasteiger partial charge on any atom is -0.375 e. The van der Waals surface area contributed by atoms with E-state index in [4.69, 9.17) is 4.74 Å². The molecule has 1 saturated heterocycles. The predicted octanol–water partition coefficient (Wildman–Crippen LogP) is 2.30. The summed E-state index contributed by atoms with van der Waals surface area (Å²) < 4.78 is 32.6. The second kappa shape index (κ2) is 5.34. The molecule has 0 aromatic heterocycles. The van der Waals surface area contributed by atoms with Gasteiger partial charge in [-0.15, -0.1) is 0 Å². The van der Waals surface area contributed by atoms with Crippen molar-refractivity contribution < 1.29 is 13.2 Å². The van der Waals surface area contributed by atoms with Crippen LogP contribution in [0.25, 0.3) is 0 Å². The maximum Gasteiger partial charge on any atom is 0.212 e. The van der Waals surface area contributed by atoms with E-state index in [1.807, 2.05) is 20.8 Å². The third kappa shape index (κ3) is 4.43. The second-order valence-electron chi connectivity index (χ2n) is 7.41. The van der Waals surface area contributed by atoms with Crippen LogP contribution in [0.3, 0.4) is 0 Å². The molecule has 1 spiro atoms. The van der Waals surface area contributed by atoms with Crippen molar-refractivity contribution in [2.75, 3.05) is 18.9 Å². The Hall–Kier alpha value is -0.130. The van der Waals surface area contributed by atoms with Gasteiger partial charge in [0.05, 0.1) is 11.4 Å². The fourth-order valence-corrected chi connectivity index (χ4v) is 4.82. The van der Waals surface area contributed by atoms with Crippen LogP contribution in [0.4, 0.5) is 0 Å². The van der Waals surface area contributed by atoms with Crippen molar-refractivity contribution in [3.8, 4) is 0 Å². The van der Waals surface area contributed by atoms with Crippen molar-refractivity contribution in [3.05, 3.63) is 0 Å². The zero-order chi connectivity index (χ0) is 14.1. The highest BCUT2D eigenvalue weighted by Gasteiger charge is 2.42. The Labute approximate surface area is 117 Å². The van der Waals surface area contributed by atoms with Crippen molar-refractivity contribution in [2.45, 2.75) is 58.5 Å². The molecule has 1 heterocycles. The van der Waals surface area contributed by atoms with Gasteiger partial charge in [0, 0.05) is 13.2 Å². The molecule has 2 aliphatic rings. The summed E-state index contributed by atoms with van der Waals surface area (Å²) in [6.07, 6.45) is 5.55. The zero-order valence-corrected chi connectivity index (χ0v) is 13.2. The summed E-state index contributed by atoms with van der Waals surface area (Å²) in [6.45, 7) is 7.20. The van der Waals surface area contributed by atoms with Gasteiger partial charge in [0.15, 0.2) is 0 Å². The SMILES string of the molecule is CC(C)(C)CS(=O)(=O)NCC1CCOC2(CCC2)C1. The highest BCUT2D eigenvalue weighted by Crippen LogP contribution is 2.44. The molecule has 19 heavy (non-hydrogen) atoms. The summed E-state index contributed by atoms with van der Waals surface area (Å²) in [7, 11) is -3.16. The molecule has 2 fully saturated rings. The molecule has 1 aliphatic carbocycles. The van der Waals surface area contributed by atoms with Crippen molar-refractivity contribution in [2.24, 2.45) is 11.3 Å². The van der Waals surface area contributed by atoms with E-state index in [9.17, 15) is 8.42 Å². The molecular weight excluding hydrogens is 262 g/mol. The summed E-state index contributed by atoms with van der Waals surface area (Å²) in [6, 6.07) is 0. The average Bonchev–Trinajstić information content (AvgIpc) is 2.22. The van der Waals surface area contributed by atoms with E-state index in [0.717, 1.165) is 32.3 Å². The molecule has 0 aromatic rings. The molecular formula is C14H27NO3S. The Morgan fingerprint density at radius 1 is 1.32 bits per heavy atom. The highest BCUT2D eigenvalue weighted by molar-refractivity contribution is 7.89. The molecule has 1 atom stereocenters. The number of sulfonamides is 1. The van der Waals surface area contributed by atoms with Crippen LogP contribution >= 0.6 is 0 Å². The lowest BCUT2D eigenvalue weighted by atomic mass is 9.72. The van der Waals surface area contributed by atoms with E-state index in [0.29, 0.717) is 12.5 Å². The minimum absolute atomic E-state index is 0.0956. The van der Waals surface area contributed by atoms with E-state index in [2.05, 4.69) is 4.72 Å². The lowest BCUT2D eigenvalue weighted by Crippen LogP contribution is -2.48. The van der Waals surface area contributed by atoms with E-state index < -0.39 is 10.0 Å². The first-order valence-corrected chi connectivity index (χ1v) is 8.96. The molecule has 0 amide bonds. The van der Waals surface area contributed by atoms with Gasteiger partial charge in [-0.2, -0.15) is 0 Å². The van der Waals surface area contributed by atoms with Gasteiger partial charge < -0.3 is 4.74 Å². The average molecular weight is 289 g/mol. The van der Waals surface area contributed by atoms with Crippen molar-refractivity contribution in [1.29, 1.82) is 0 Å². The zero-order valence-electron chi connectivity index (χ0n) is 12.4. The number of nitrogens with one attached hydrogen (secondary N) is 1. The Bertz CT molecular complexity index is 407. The van der Waals surface area contributed by atoms with Gasteiger partial charge in [0.25, 0.3) is 0 Å². The van der Waals surface area contributed by atoms with Gasteiger partial charge in [-0.05, 0) is 43.4 Å². The normalized spacial score (nSPS) is 27.2. The highest BCUT2D eigenvalue weighted by atomic mass is 32.2. The number of hydrogen-bond acceptors (Lipinski definition) is 3. The Balaban J connectivity index is 1.81. The monoisotopic (exact) mass is 289 g/mol. The Kier molecular flexibility index (Phi) is 4.29. The van der Waals surface area contributed by atoms with Crippen LogP contribution in [0.1, 0.15) is 52.9 Å². The summed E-state index contributed by atoms with van der Waals surface area (Å²) in [5.41, 5.74) is -0.102. The van der Waals surface area contributed by atoms with Crippen molar-refractivity contribution in [1.82, 2.24) is 4.72 Å². The third-order valence-electron chi connectivity index (χ3n) is 4.07. The fraction of sp³-hybridized carbons (Fsp3) is 1.00. The fourth-order valence-electron chi connectivity index (χ4n) is 3.09. The van der Waals surface area contributed by atoms with Crippen LogP contribution in [0.2, 0.25) is 0 Å². The largest absolute Gasteiger partial charge is 0.375 e. The van der Waals surface area contributed by atoms with Gasteiger partial charge >= 0.3 is 0 Å². The van der Waals surface area contributed by atoms with Crippen molar-refractivity contribution >= 4 is 10.0 Å². The maximum atomic E-state index is 12.0. The van der Waals surface area contributed by atoms with Crippen LogP contribution in [0.15, 0.2) is 0 Å². The Morgan fingerprint density at radius 3 is 2.53 bits per heavy atom. The second-order valence-corrected chi connectivity index (χ2v) is 9.22. The van der Waals surface area contributed by atoms with E-state index >= 15 is 0 Å². The van der Waals surface area contributed by atoms with E-state index in [1.54, 1.807) is 0 Å². The molecule has 112 valence electrons. The molecule has 1 N–H and O–H groups in total. The van der Waals surface area contributed by atoms with Crippen LogP contribution in [-0.4, -0.2) is 32.9 Å². The smallest absolute Gasteiger partial charge is 0.212 e. The summed E-state index contributed by atoms with van der Waals surface area (Å²) >= 11 is 0. The lowest BCUT2D eigenvalue weighted by Gasteiger charge is -2.47. The summed E-state index contributed by atoms with van der Waals surface area (Å²) in [4.78, 5) is 0. The van der Waals surface area contributed by atoms with Gasteiger partial charge in [0.2, 0.25) is 10.0 Å². The number of rotatable bonds is 4. The quantitative estimate of drug-likeness (QED) is 0.864. The van der Waals surface area contributed by atoms with Crippen LogP contribution < -0.4 is 4.72 Å². The number of ether oxygens (including phenoxy) is 1. The van der Waals surface area contributed by atoms with E-state index in [-0.39, 0.29) is 16.8 Å². The molecule has 0 aromatic carbocycles. The first kappa shape index (κ1) is 15.3. The van der Waals surface area contributed by atoms with Gasteiger partial charge in [-0.3, -0.25) is 0 Å². The van der Waals surface area contributed by atoms with Crippen LogP contribution in [0, 0.1) is 11.3 Å². The van der Waals surface area contributed by atoms with Crippen LogP contribution in [0.5, 0.6) is 0 Å². The molecule has 0 bridgehead atoms. The standard InChI is InChI=1S/C14H27NO3S/c1-13(2,3)11-19(16,17)15-10-12-5-8-18-14(9-12)6-4-7-14/h12,15H,4-11H2,1-3H3. The molecule has 1 aliphatic heterocycles. The van der Waals surface area contributed by atoms with Gasteiger partial charge in [0.1, 0.15) is 0 Å². The number of hydrogen-bond donors (Lipinski definition) is 1. The van der Waals surface area contributed by atoms with Gasteiger partial charge in [-0.1, -0.05) is 20.8 Å². The molecule has 2 rings (SSSR count). The lowest BCUT2D eigenvalue weighted by molar-refractivity contribution is -0.142. The van der Waals surface area contributed by atoms with Crippen molar-refractivity contribution in [3.63, 3.8) is 0 Å². The molecule has 0 radical (unpaired) electrons. The third-order valence-corrected chi connectivity index (χ3v) is 5.93. The summed E-state index contributed by atoms with van der Waals surface area (Å²) in [5, 5.41) is 0. The van der Waals surface area contributed by atoms with Gasteiger partial charge in [-0.25, -0.2) is 13.1 Å². The molecule has 4 nitrogen and oxygen atoms in total. The molecule has 1 saturated carbocycles. The molecule has 5 heteroatoms.